The van der Waals surface area contributed by atoms with Gasteiger partial charge in [0.1, 0.15) is 0 Å². The molecule has 1 aliphatic heterocycles. The molecule has 5 atom stereocenters. The molecule has 0 radical (unpaired) electrons. The van der Waals surface area contributed by atoms with E-state index in [0.29, 0.717) is 29.7 Å². The molecule has 1 spiro atoms. The van der Waals surface area contributed by atoms with Gasteiger partial charge in [-0.3, -0.25) is 0 Å². The van der Waals surface area contributed by atoms with Gasteiger partial charge in [0.15, 0.2) is 5.79 Å². The summed E-state index contributed by atoms with van der Waals surface area (Å²) in [6.07, 6.45) is 2.45. The Morgan fingerprint density at radius 1 is 1.38 bits per heavy atom. The lowest BCUT2D eigenvalue weighted by Crippen LogP contribution is -2.46. The van der Waals surface area contributed by atoms with Gasteiger partial charge in [-0.1, -0.05) is 20.8 Å². The minimum Gasteiger partial charge on any atom is -0.347 e. The third-order valence-electron chi connectivity index (χ3n) is 5.52. The molecule has 92 valence electrons. The lowest BCUT2D eigenvalue weighted by Gasteiger charge is -2.44. The van der Waals surface area contributed by atoms with Crippen LogP contribution in [0, 0.1) is 23.2 Å². The van der Waals surface area contributed by atoms with Gasteiger partial charge >= 0.3 is 0 Å². The van der Waals surface area contributed by atoms with Crippen molar-refractivity contribution in [1.29, 1.82) is 0 Å². The second-order valence-electron chi connectivity index (χ2n) is 6.37. The lowest BCUT2D eigenvalue weighted by atomic mass is 9.67. The molecule has 0 amide bonds. The summed E-state index contributed by atoms with van der Waals surface area (Å²) < 4.78 is 12.1. The summed E-state index contributed by atoms with van der Waals surface area (Å²) in [5, 5.41) is 0. The number of ether oxygens (including phenoxy) is 2. The van der Waals surface area contributed by atoms with E-state index in [1.807, 2.05) is 0 Å². The highest BCUT2D eigenvalue weighted by Gasteiger charge is 2.65. The zero-order valence-electron chi connectivity index (χ0n) is 10.3. The SMILES string of the molecule is C[C@@H]1[C@H]2C[C@@H](C[C@]23OC[C@@H](CCl)O3)C1(C)C. The normalized spacial score (nSPS) is 54.0. The Morgan fingerprint density at radius 2 is 2.12 bits per heavy atom. The second-order valence-corrected chi connectivity index (χ2v) is 6.68. The maximum Gasteiger partial charge on any atom is 0.172 e. The highest BCUT2D eigenvalue weighted by atomic mass is 35.5. The number of halogens is 1. The Hall–Kier alpha value is 0.210. The van der Waals surface area contributed by atoms with Crippen molar-refractivity contribution in [2.75, 3.05) is 12.5 Å². The van der Waals surface area contributed by atoms with Crippen LogP contribution in [-0.4, -0.2) is 24.4 Å². The van der Waals surface area contributed by atoms with Gasteiger partial charge in [-0.15, -0.1) is 11.6 Å². The molecule has 2 saturated carbocycles. The average Bonchev–Trinajstić information content (AvgIpc) is 2.87. The summed E-state index contributed by atoms with van der Waals surface area (Å²) in [4.78, 5) is 0. The largest absolute Gasteiger partial charge is 0.347 e. The summed E-state index contributed by atoms with van der Waals surface area (Å²) in [7, 11) is 0. The quantitative estimate of drug-likeness (QED) is 0.660. The van der Waals surface area contributed by atoms with Gasteiger partial charge in [0, 0.05) is 12.3 Å². The minimum absolute atomic E-state index is 0.108. The molecule has 3 rings (SSSR count). The van der Waals surface area contributed by atoms with Crippen molar-refractivity contribution in [3.8, 4) is 0 Å². The molecule has 16 heavy (non-hydrogen) atoms. The fraction of sp³-hybridized carbons (Fsp3) is 1.00. The number of alkyl halides is 1. The highest BCUT2D eigenvalue weighted by Crippen LogP contribution is 2.65. The molecule has 1 heterocycles. The van der Waals surface area contributed by atoms with Crippen LogP contribution in [0.25, 0.3) is 0 Å². The zero-order valence-corrected chi connectivity index (χ0v) is 11.1. The van der Waals surface area contributed by atoms with E-state index in [0.717, 1.165) is 12.3 Å². The maximum absolute atomic E-state index is 6.10. The van der Waals surface area contributed by atoms with E-state index in [-0.39, 0.29) is 11.9 Å². The van der Waals surface area contributed by atoms with E-state index in [4.69, 9.17) is 21.1 Å². The van der Waals surface area contributed by atoms with Crippen molar-refractivity contribution in [3.05, 3.63) is 0 Å². The van der Waals surface area contributed by atoms with Crippen LogP contribution in [0.15, 0.2) is 0 Å². The molecule has 3 fully saturated rings. The van der Waals surface area contributed by atoms with E-state index in [9.17, 15) is 0 Å². The number of hydrogen-bond acceptors (Lipinski definition) is 2. The molecule has 0 aromatic rings. The monoisotopic (exact) mass is 244 g/mol. The molecule has 3 heteroatoms. The lowest BCUT2D eigenvalue weighted by molar-refractivity contribution is -0.221. The molecule has 2 aliphatic carbocycles. The van der Waals surface area contributed by atoms with Crippen LogP contribution < -0.4 is 0 Å². The summed E-state index contributed by atoms with van der Waals surface area (Å²) in [6, 6.07) is 0. The molecule has 0 aromatic carbocycles. The van der Waals surface area contributed by atoms with E-state index in [1.165, 1.54) is 6.42 Å². The predicted molar refractivity (Wildman–Crippen MR) is 63.4 cm³/mol. The molecule has 1 saturated heterocycles. The van der Waals surface area contributed by atoms with Gasteiger partial charge < -0.3 is 9.47 Å². The van der Waals surface area contributed by atoms with Gasteiger partial charge in [0.2, 0.25) is 0 Å². The first-order valence-electron chi connectivity index (χ1n) is 6.37. The highest BCUT2D eigenvalue weighted by molar-refractivity contribution is 6.18. The van der Waals surface area contributed by atoms with E-state index in [2.05, 4.69) is 20.8 Å². The average molecular weight is 245 g/mol. The number of fused-ring (bicyclic) bond motifs is 3. The maximum atomic E-state index is 6.10. The Kier molecular flexibility index (Phi) is 2.38. The summed E-state index contributed by atoms with van der Waals surface area (Å²) in [6.45, 7) is 7.82. The smallest absolute Gasteiger partial charge is 0.172 e. The first kappa shape index (κ1) is 11.3. The standard InChI is InChI=1S/C13H21ClO2/c1-8-11-4-9(12(8,2)3)5-13(11)15-7-10(6-14)16-13/h8-11H,4-7H2,1-3H3/t8-,9+,10-,11-,13-/m1/s1. The molecule has 2 bridgehead atoms. The summed E-state index contributed by atoms with van der Waals surface area (Å²) in [5.41, 5.74) is 0.446. The van der Waals surface area contributed by atoms with Crippen LogP contribution >= 0.6 is 11.6 Å². The van der Waals surface area contributed by atoms with Gasteiger partial charge in [0.05, 0.1) is 18.6 Å². The summed E-state index contributed by atoms with van der Waals surface area (Å²) in [5.74, 6) is 2.28. The third kappa shape index (κ3) is 1.27. The summed E-state index contributed by atoms with van der Waals surface area (Å²) >= 11 is 5.86. The van der Waals surface area contributed by atoms with Crippen molar-refractivity contribution < 1.29 is 9.47 Å². The zero-order chi connectivity index (χ0) is 11.6. The van der Waals surface area contributed by atoms with Crippen LogP contribution in [0.5, 0.6) is 0 Å². The van der Waals surface area contributed by atoms with Gasteiger partial charge in [-0.05, 0) is 23.7 Å². The predicted octanol–water partition coefficient (Wildman–Crippen LogP) is 3.04. The van der Waals surface area contributed by atoms with E-state index >= 15 is 0 Å². The van der Waals surface area contributed by atoms with Gasteiger partial charge in [0.25, 0.3) is 0 Å². The van der Waals surface area contributed by atoms with Crippen molar-refractivity contribution in [2.24, 2.45) is 23.2 Å². The van der Waals surface area contributed by atoms with E-state index < -0.39 is 0 Å². The fourth-order valence-electron chi connectivity index (χ4n) is 4.07. The molecular formula is C13H21ClO2. The topological polar surface area (TPSA) is 18.5 Å². The molecule has 0 unspecified atom stereocenters. The molecule has 3 aliphatic rings. The Labute approximate surface area is 103 Å². The van der Waals surface area contributed by atoms with E-state index in [1.54, 1.807) is 0 Å². The van der Waals surface area contributed by atoms with Crippen LogP contribution in [0.4, 0.5) is 0 Å². The first-order valence-corrected chi connectivity index (χ1v) is 6.91. The van der Waals surface area contributed by atoms with Crippen LogP contribution in [0.2, 0.25) is 0 Å². The second kappa shape index (κ2) is 3.37. The number of rotatable bonds is 1. The molecular weight excluding hydrogens is 224 g/mol. The van der Waals surface area contributed by atoms with Crippen LogP contribution in [0.3, 0.4) is 0 Å². The van der Waals surface area contributed by atoms with Crippen molar-refractivity contribution in [3.63, 3.8) is 0 Å². The molecule has 2 nitrogen and oxygen atoms in total. The first-order chi connectivity index (χ1) is 7.49. The van der Waals surface area contributed by atoms with Gasteiger partial charge in [-0.2, -0.15) is 0 Å². The van der Waals surface area contributed by atoms with Gasteiger partial charge in [-0.25, -0.2) is 0 Å². The fourth-order valence-corrected chi connectivity index (χ4v) is 4.22. The Morgan fingerprint density at radius 3 is 2.62 bits per heavy atom. The van der Waals surface area contributed by atoms with Crippen LogP contribution in [-0.2, 0) is 9.47 Å². The van der Waals surface area contributed by atoms with Crippen molar-refractivity contribution >= 4 is 11.6 Å². The number of hydrogen-bond donors (Lipinski definition) is 0. The molecule has 0 aromatic heterocycles. The minimum atomic E-state index is -0.279. The Balaban J connectivity index is 1.83. The molecule has 0 N–H and O–H groups in total. The van der Waals surface area contributed by atoms with Crippen molar-refractivity contribution in [1.82, 2.24) is 0 Å². The Bertz CT molecular complexity index is 300. The third-order valence-corrected chi connectivity index (χ3v) is 5.86. The van der Waals surface area contributed by atoms with Crippen LogP contribution in [0.1, 0.15) is 33.6 Å². The van der Waals surface area contributed by atoms with Crippen molar-refractivity contribution in [2.45, 2.75) is 45.5 Å².